The van der Waals surface area contributed by atoms with Crippen LogP contribution in [0.3, 0.4) is 0 Å². The lowest BCUT2D eigenvalue weighted by molar-refractivity contribution is -0.123. The number of halogens is 1. The van der Waals surface area contributed by atoms with Gasteiger partial charge in [-0.3, -0.25) is 14.4 Å². The van der Waals surface area contributed by atoms with E-state index in [1.807, 2.05) is 0 Å². The summed E-state index contributed by atoms with van der Waals surface area (Å²) in [6.45, 7) is 1.72. The molecule has 0 saturated carbocycles. The number of anilines is 1. The third kappa shape index (κ3) is 2.68. The Bertz CT molecular complexity index is 571. The Balaban J connectivity index is 2.36. The first-order valence-electron chi connectivity index (χ1n) is 5.80. The van der Waals surface area contributed by atoms with Crippen LogP contribution in [0.25, 0.3) is 0 Å². The highest BCUT2D eigenvalue weighted by molar-refractivity contribution is 9.10. The number of nitrogens with zero attached hydrogens (tertiary/aromatic N) is 1. The van der Waals surface area contributed by atoms with Crippen molar-refractivity contribution in [2.75, 3.05) is 11.4 Å². The first-order valence-corrected chi connectivity index (χ1v) is 6.59. The second kappa shape index (κ2) is 5.13. The molecule has 6 heteroatoms. The lowest BCUT2D eigenvalue weighted by Gasteiger charge is -2.18. The molecule has 1 saturated heterocycles. The zero-order valence-corrected chi connectivity index (χ0v) is 11.9. The molecule has 0 aliphatic carbocycles. The van der Waals surface area contributed by atoms with Gasteiger partial charge in [-0.25, -0.2) is 0 Å². The number of benzene rings is 1. The molecule has 2 rings (SSSR count). The first-order chi connectivity index (χ1) is 8.90. The number of primary amides is 1. The highest BCUT2D eigenvalue weighted by atomic mass is 79.9. The number of carbonyl (C=O) groups is 3. The lowest BCUT2D eigenvalue weighted by atomic mass is 10.1. The second-order valence-corrected chi connectivity index (χ2v) is 5.38. The van der Waals surface area contributed by atoms with Gasteiger partial charge >= 0.3 is 0 Å². The van der Waals surface area contributed by atoms with E-state index in [1.54, 1.807) is 18.2 Å². The van der Waals surface area contributed by atoms with Crippen LogP contribution in [0.5, 0.6) is 0 Å². The van der Waals surface area contributed by atoms with Crippen molar-refractivity contribution >= 4 is 39.2 Å². The summed E-state index contributed by atoms with van der Waals surface area (Å²) in [5, 5.41) is 0. The van der Waals surface area contributed by atoms with Crippen molar-refractivity contribution < 1.29 is 14.4 Å². The molecule has 0 aromatic heterocycles. The molecule has 1 heterocycles. The minimum absolute atomic E-state index is 0.0770. The van der Waals surface area contributed by atoms with E-state index in [-0.39, 0.29) is 24.7 Å². The average Bonchev–Trinajstić information content (AvgIpc) is 2.72. The Morgan fingerprint density at radius 2 is 2.11 bits per heavy atom. The van der Waals surface area contributed by atoms with E-state index in [4.69, 9.17) is 5.73 Å². The van der Waals surface area contributed by atoms with Gasteiger partial charge in [0.2, 0.25) is 11.8 Å². The zero-order chi connectivity index (χ0) is 14.2. The van der Waals surface area contributed by atoms with Gasteiger partial charge in [-0.15, -0.1) is 0 Å². The van der Waals surface area contributed by atoms with Crippen LogP contribution in [0.2, 0.25) is 0 Å². The smallest absolute Gasteiger partial charge is 0.227 e. The minimum Gasteiger partial charge on any atom is -0.369 e. The Hall–Kier alpha value is -1.69. The van der Waals surface area contributed by atoms with Gasteiger partial charge in [-0.05, 0) is 35.0 Å². The van der Waals surface area contributed by atoms with Gasteiger partial charge in [0.1, 0.15) is 0 Å². The van der Waals surface area contributed by atoms with Crippen molar-refractivity contribution in [1.29, 1.82) is 0 Å². The maximum Gasteiger partial charge on any atom is 0.227 e. The van der Waals surface area contributed by atoms with Gasteiger partial charge in [-0.2, -0.15) is 0 Å². The number of hydrogen-bond acceptors (Lipinski definition) is 3. The maximum atomic E-state index is 11.9. The van der Waals surface area contributed by atoms with Crippen LogP contribution in [-0.4, -0.2) is 24.1 Å². The molecule has 19 heavy (non-hydrogen) atoms. The monoisotopic (exact) mass is 324 g/mol. The molecule has 2 N–H and O–H groups in total. The quantitative estimate of drug-likeness (QED) is 0.855. The van der Waals surface area contributed by atoms with Gasteiger partial charge < -0.3 is 10.6 Å². The van der Waals surface area contributed by atoms with Gasteiger partial charge in [0, 0.05) is 23.0 Å². The third-order valence-corrected chi connectivity index (χ3v) is 3.84. The largest absolute Gasteiger partial charge is 0.369 e. The Kier molecular flexibility index (Phi) is 3.71. The molecule has 1 fully saturated rings. The van der Waals surface area contributed by atoms with Gasteiger partial charge in [0.25, 0.3) is 0 Å². The van der Waals surface area contributed by atoms with Crippen molar-refractivity contribution in [3.63, 3.8) is 0 Å². The van der Waals surface area contributed by atoms with Crippen LogP contribution >= 0.6 is 15.9 Å². The van der Waals surface area contributed by atoms with Crippen LogP contribution in [-0.2, 0) is 9.59 Å². The Morgan fingerprint density at radius 1 is 1.42 bits per heavy atom. The fourth-order valence-corrected chi connectivity index (χ4v) is 2.53. The SMILES string of the molecule is CC(=O)c1ccc(Br)c(N2CC(C(N)=O)CC2=O)c1. The van der Waals surface area contributed by atoms with Gasteiger partial charge in [0.05, 0.1) is 11.6 Å². The molecule has 1 unspecified atom stereocenters. The molecule has 2 amide bonds. The fraction of sp³-hybridized carbons (Fsp3) is 0.308. The number of rotatable bonds is 3. The molecule has 1 aliphatic rings. The van der Waals surface area contributed by atoms with E-state index in [0.717, 1.165) is 0 Å². The number of Topliss-reactive ketones (excluding diaryl/α,β-unsaturated/α-hetero) is 1. The molecule has 1 aromatic carbocycles. The van der Waals surface area contributed by atoms with Crippen LogP contribution < -0.4 is 10.6 Å². The van der Waals surface area contributed by atoms with Crippen LogP contribution in [0.1, 0.15) is 23.7 Å². The average molecular weight is 325 g/mol. The van der Waals surface area contributed by atoms with Crippen molar-refractivity contribution in [3.8, 4) is 0 Å². The van der Waals surface area contributed by atoms with E-state index in [0.29, 0.717) is 15.7 Å². The number of hydrogen-bond donors (Lipinski definition) is 1. The van der Waals surface area contributed by atoms with E-state index >= 15 is 0 Å². The Labute approximate surface area is 118 Å². The number of nitrogens with two attached hydrogens (primary N) is 1. The summed E-state index contributed by atoms with van der Waals surface area (Å²) in [7, 11) is 0. The first kappa shape index (κ1) is 13.7. The highest BCUT2D eigenvalue weighted by Crippen LogP contribution is 2.32. The van der Waals surface area contributed by atoms with Gasteiger partial charge in [-0.1, -0.05) is 6.07 Å². The predicted octanol–water partition coefficient (Wildman–Crippen LogP) is 1.49. The summed E-state index contributed by atoms with van der Waals surface area (Å²) >= 11 is 3.35. The van der Waals surface area contributed by atoms with Crippen molar-refractivity contribution in [1.82, 2.24) is 0 Å². The van der Waals surface area contributed by atoms with E-state index < -0.39 is 11.8 Å². The van der Waals surface area contributed by atoms with E-state index in [2.05, 4.69) is 15.9 Å². The molecule has 0 spiro atoms. The maximum absolute atomic E-state index is 11.9. The molecule has 100 valence electrons. The van der Waals surface area contributed by atoms with Crippen LogP contribution in [0.15, 0.2) is 22.7 Å². The summed E-state index contributed by atoms with van der Waals surface area (Å²) in [4.78, 5) is 36.0. The summed E-state index contributed by atoms with van der Waals surface area (Å²) in [6, 6.07) is 5.05. The summed E-state index contributed by atoms with van der Waals surface area (Å²) in [6.07, 6.45) is 0.117. The summed E-state index contributed by atoms with van der Waals surface area (Å²) in [5.41, 5.74) is 6.35. The molecular formula is C13H13BrN2O3. The second-order valence-electron chi connectivity index (χ2n) is 4.53. The number of carbonyl (C=O) groups excluding carboxylic acids is 3. The van der Waals surface area contributed by atoms with Crippen molar-refractivity contribution in [2.45, 2.75) is 13.3 Å². The van der Waals surface area contributed by atoms with E-state index in [1.165, 1.54) is 11.8 Å². The molecule has 1 atom stereocenters. The number of ketones is 1. The molecular weight excluding hydrogens is 312 g/mol. The van der Waals surface area contributed by atoms with Crippen molar-refractivity contribution in [3.05, 3.63) is 28.2 Å². The summed E-state index contributed by atoms with van der Waals surface area (Å²) < 4.78 is 0.705. The molecule has 0 radical (unpaired) electrons. The molecule has 0 bridgehead atoms. The van der Waals surface area contributed by atoms with Gasteiger partial charge in [0.15, 0.2) is 5.78 Å². The molecule has 1 aromatic rings. The fourth-order valence-electron chi connectivity index (χ4n) is 2.07. The normalized spacial score (nSPS) is 18.7. The molecule has 5 nitrogen and oxygen atoms in total. The van der Waals surface area contributed by atoms with Crippen LogP contribution in [0, 0.1) is 5.92 Å². The predicted molar refractivity (Wildman–Crippen MR) is 73.8 cm³/mol. The minimum atomic E-state index is -0.477. The molecule has 1 aliphatic heterocycles. The standard InChI is InChI=1S/C13H13BrN2O3/c1-7(17)8-2-3-10(14)11(4-8)16-6-9(13(15)19)5-12(16)18/h2-4,9H,5-6H2,1H3,(H2,15,19). The van der Waals surface area contributed by atoms with E-state index in [9.17, 15) is 14.4 Å². The third-order valence-electron chi connectivity index (χ3n) is 3.17. The van der Waals surface area contributed by atoms with Crippen molar-refractivity contribution in [2.24, 2.45) is 11.7 Å². The lowest BCUT2D eigenvalue weighted by Crippen LogP contribution is -2.28. The highest BCUT2D eigenvalue weighted by Gasteiger charge is 2.34. The van der Waals surface area contributed by atoms with Crippen LogP contribution in [0.4, 0.5) is 5.69 Å². The topological polar surface area (TPSA) is 80.5 Å². The Morgan fingerprint density at radius 3 is 2.63 bits per heavy atom. The zero-order valence-electron chi connectivity index (χ0n) is 10.4. The summed E-state index contributed by atoms with van der Waals surface area (Å²) in [5.74, 6) is -1.19. The number of amides is 2.